The molecule has 0 unspecified atom stereocenters. The first-order valence-corrected chi connectivity index (χ1v) is 13.9. The Morgan fingerprint density at radius 3 is 2.29 bits per heavy atom. The third kappa shape index (κ3) is 4.25. The van der Waals surface area contributed by atoms with Gasteiger partial charge in [0, 0.05) is 48.3 Å². The van der Waals surface area contributed by atoms with Gasteiger partial charge in [-0.05, 0) is 69.7 Å². The third-order valence-electron chi connectivity index (χ3n) is 7.86. The van der Waals surface area contributed by atoms with Gasteiger partial charge in [0.05, 0.1) is 11.6 Å². The molecule has 2 aliphatic carbocycles. The Kier molecular flexibility index (Phi) is 6.60. The van der Waals surface area contributed by atoms with Gasteiger partial charge in [0.1, 0.15) is 18.1 Å². The zero-order valence-corrected chi connectivity index (χ0v) is 23.2. The highest BCUT2D eigenvalue weighted by molar-refractivity contribution is 9.10. The summed E-state index contributed by atoms with van der Waals surface area (Å²) in [5.41, 5.74) is 4.36. The summed E-state index contributed by atoms with van der Waals surface area (Å²) in [6, 6.07) is 16.4. The monoisotopic (exact) mass is 572 g/mol. The van der Waals surface area contributed by atoms with E-state index in [0.29, 0.717) is 59.4 Å². The second-order valence-corrected chi connectivity index (χ2v) is 11.0. The van der Waals surface area contributed by atoms with Crippen molar-refractivity contribution in [2.75, 3.05) is 7.11 Å². The maximum atomic E-state index is 13.2. The van der Waals surface area contributed by atoms with Crippen LogP contribution in [0, 0.1) is 6.92 Å². The fourth-order valence-electron chi connectivity index (χ4n) is 5.98. The molecule has 0 aromatic heterocycles. The number of hydrogen-bond acceptors (Lipinski definition) is 5. The highest BCUT2D eigenvalue weighted by Crippen LogP contribution is 2.50. The van der Waals surface area contributed by atoms with Crippen molar-refractivity contribution < 1.29 is 23.8 Å². The minimum Gasteiger partial charge on any atom is -0.493 e. The number of benzene rings is 3. The van der Waals surface area contributed by atoms with Gasteiger partial charge in [-0.2, -0.15) is 0 Å². The van der Waals surface area contributed by atoms with Gasteiger partial charge >= 0.3 is 0 Å². The zero-order chi connectivity index (χ0) is 26.4. The van der Waals surface area contributed by atoms with E-state index < -0.39 is 5.92 Å². The van der Waals surface area contributed by atoms with Crippen molar-refractivity contribution in [1.29, 1.82) is 0 Å². The van der Waals surface area contributed by atoms with Crippen LogP contribution in [0.5, 0.6) is 11.5 Å². The molecule has 0 saturated heterocycles. The first-order valence-electron chi connectivity index (χ1n) is 13.1. The first-order chi connectivity index (χ1) is 18.5. The summed E-state index contributed by atoms with van der Waals surface area (Å²) in [6.45, 7) is 2.46. The largest absolute Gasteiger partial charge is 0.493 e. The number of ketones is 2. The van der Waals surface area contributed by atoms with Crippen LogP contribution in [-0.4, -0.2) is 18.7 Å². The van der Waals surface area contributed by atoms with Crippen LogP contribution in [0.2, 0.25) is 0 Å². The van der Waals surface area contributed by atoms with Crippen molar-refractivity contribution in [3.05, 3.63) is 92.4 Å². The van der Waals surface area contributed by atoms with Crippen molar-refractivity contribution in [3.8, 4) is 11.5 Å². The Balaban J connectivity index is 1.41. The molecular formula is C32H29BrO5. The number of allylic oxidation sites excluding steroid dienone is 4. The second kappa shape index (κ2) is 10.1. The van der Waals surface area contributed by atoms with E-state index in [0.717, 1.165) is 46.4 Å². The molecule has 38 heavy (non-hydrogen) atoms. The molecule has 3 aromatic rings. The molecule has 1 aliphatic heterocycles. The summed E-state index contributed by atoms with van der Waals surface area (Å²) in [7, 11) is 1.61. The summed E-state index contributed by atoms with van der Waals surface area (Å²) in [6.07, 6.45) is 3.92. The van der Waals surface area contributed by atoms with E-state index in [1.807, 2.05) is 24.3 Å². The number of carbonyl (C=O) groups is 2. The average Bonchev–Trinajstić information content (AvgIpc) is 2.92. The van der Waals surface area contributed by atoms with Gasteiger partial charge in [-0.3, -0.25) is 9.59 Å². The molecular weight excluding hydrogens is 544 g/mol. The quantitative estimate of drug-likeness (QED) is 0.314. The number of halogens is 1. The number of fused-ring (bicyclic) bond motifs is 1. The van der Waals surface area contributed by atoms with Crippen LogP contribution in [0.15, 0.2) is 75.7 Å². The minimum atomic E-state index is -0.450. The van der Waals surface area contributed by atoms with Gasteiger partial charge in [-0.15, -0.1) is 0 Å². The Morgan fingerprint density at radius 1 is 0.921 bits per heavy atom. The highest BCUT2D eigenvalue weighted by atomic mass is 79.9. The number of aryl methyl sites for hydroxylation is 1. The summed E-state index contributed by atoms with van der Waals surface area (Å²) >= 11 is 3.72. The predicted octanol–water partition coefficient (Wildman–Crippen LogP) is 7.63. The van der Waals surface area contributed by atoms with Crippen molar-refractivity contribution >= 4 is 38.3 Å². The minimum absolute atomic E-state index is 0.0584. The third-order valence-corrected chi connectivity index (χ3v) is 8.45. The summed E-state index contributed by atoms with van der Waals surface area (Å²) in [4.78, 5) is 26.3. The topological polar surface area (TPSA) is 61.8 Å². The van der Waals surface area contributed by atoms with Crippen molar-refractivity contribution in [1.82, 2.24) is 0 Å². The maximum Gasteiger partial charge on any atom is 0.175 e. The Hall–Kier alpha value is -3.38. The van der Waals surface area contributed by atoms with Gasteiger partial charge in [0.15, 0.2) is 23.1 Å². The van der Waals surface area contributed by atoms with Crippen LogP contribution < -0.4 is 9.47 Å². The fourth-order valence-corrected chi connectivity index (χ4v) is 6.55. The normalized spacial score (nSPS) is 17.9. The lowest BCUT2D eigenvalue weighted by atomic mass is 9.73. The van der Waals surface area contributed by atoms with Gasteiger partial charge in [-0.1, -0.05) is 36.4 Å². The Labute approximate surface area is 230 Å². The number of carbonyl (C=O) groups excluding carboxylic acids is 2. The van der Waals surface area contributed by atoms with Crippen molar-refractivity contribution in [2.45, 2.75) is 58.0 Å². The van der Waals surface area contributed by atoms with Crippen molar-refractivity contribution in [2.24, 2.45) is 0 Å². The molecule has 0 N–H and O–H groups in total. The van der Waals surface area contributed by atoms with Gasteiger partial charge in [-0.25, -0.2) is 0 Å². The van der Waals surface area contributed by atoms with E-state index in [4.69, 9.17) is 14.2 Å². The second-order valence-electron chi connectivity index (χ2n) is 10.2. The number of ether oxygens (including phenoxy) is 3. The Bertz CT molecular complexity index is 1500. The maximum absolute atomic E-state index is 13.2. The molecule has 5 nitrogen and oxygen atoms in total. The molecule has 3 aromatic carbocycles. The number of rotatable bonds is 5. The van der Waals surface area contributed by atoms with Crippen LogP contribution in [0.4, 0.5) is 0 Å². The Morgan fingerprint density at radius 2 is 1.61 bits per heavy atom. The van der Waals surface area contributed by atoms with E-state index in [1.165, 1.54) is 5.39 Å². The van der Waals surface area contributed by atoms with Gasteiger partial charge < -0.3 is 14.2 Å². The molecule has 3 aliphatic rings. The molecule has 194 valence electrons. The van der Waals surface area contributed by atoms with Crippen molar-refractivity contribution in [3.63, 3.8) is 0 Å². The molecule has 0 fully saturated rings. The van der Waals surface area contributed by atoms with Gasteiger partial charge in [0.2, 0.25) is 0 Å². The number of methoxy groups -OCH3 is 1. The summed E-state index contributed by atoms with van der Waals surface area (Å²) in [5, 5.41) is 2.33. The fraction of sp³-hybridized carbons (Fsp3) is 0.312. The number of hydrogen-bond donors (Lipinski definition) is 0. The van der Waals surface area contributed by atoms with E-state index in [9.17, 15) is 9.59 Å². The smallest absolute Gasteiger partial charge is 0.175 e. The van der Waals surface area contributed by atoms with Gasteiger partial charge in [0.25, 0.3) is 0 Å². The van der Waals surface area contributed by atoms with Crippen LogP contribution in [-0.2, 0) is 20.9 Å². The number of Topliss-reactive ketones (excluding diaryl/α,β-unsaturated/α-hetero) is 2. The average molecular weight is 573 g/mol. The lowest BCUT2D eigenvalue weighted by Crippen LogP contribution is -2.30. The first kappa shape index (κ1) is 24.9. The molecule has 0 bridgehead atoms. The standard InChI is InChI=1S/C32H29BrO5/c1-18-13-14-19-7-3-4-8-21(19)22(18)17-37-32-23(33)15-20(16-28(32)36-2)29-30-24(34)9-5-11-26(30)38-27-12-6-10-25(35)31(27)29/h3-4,7-8,13-16,29H,5-6,9-12,17H2,1-2H3. The lowest BCUT2D eigenvalue weighted by molar-refractivity contribution is -0.117. The SMILES string of the molecule is COc1cc(C2C3=C(CCCC3=O)OC3=C2C(=O)CCC3)cc(Br)c1OCc1c(C)ccc2ccccc12. The highest BCUT2D eigenvalue weighted by Gasteiger charge is 2.42. The van der Waals surface area contributed by atoms with E-state index in [-0.39, 0.29) is 11.6 Å². The molecule has 6 rings (SSSR count). The molecule has 0 amide bonds. The van der Waals surface area contributed by atoms with Crippen LogP contribution in [0.3, 0.4) is 0 Å². The van der Waals surface area contributed by atoms with E-state index in [2.05, 4.69) is 47.1 Å². The zero-order valence-electron chi connectivity index (χ0n) is 21.6. The van der Waals surface area contributed by atoms with Crippen LogP contribution >= 0.6 is 15.9 Å². The lowest BCUT2D eigenvalue weighted by Gasteiger charge is -2.36. The summed E-state index contributed by atoms with van der Waals surface area (Å²) in [5.74, 6) is 2.25. The predicted molar refractivity (Wildman–Crippen MR) is 149 cm³/mol. The molecule has 0 radical (unpaired) electrons. The molecule has 0 atom stereocenters. The molecule has 0 spiro atoms. The molecule has 0 saturated carbocycles. The van der Waals surface area contributed by atoms with E-state index >= 15 is 0 Å². The van der Waals surface area contributed by atoms with E-state index in [1.54, 1.807) is 7.11 Å². The molecule has 6 heteroatoms. The summed E-state index contributed by atoms with van der Waals surface area (Å²) < 4.78 is 19.1. The molecule has 1 heterocycles. The van der Waals surface area contributed by atoms with Crippen LogP contribution in [0.25, 0.3) is 10.8 Å². The van der Waals surface area contributed by atoms with Crippen LogP contribution in [0.1, 0.15) is 61.1 Å².